The highest BCUT2D eigenvalue weighted by Gasteiger charge is 2.17. The average molecular weight is 425 g/mol. The van der Waals surface area contributed by atoms with E-state index in [1.165, 1.54) is 0 Å². The molecule has 0 saturated carbocycles. The molecule has 0 radical (unpaired) electrons. The van der Waals surface area contributed by atoms with E-state index in [1.807, 2.05) is 83.7 Å². The summed E-state index contributed by atoms with van der Waals surface area (Å²) in [5.41, 5.74) is 6.23. The van der Waals surface area contributed by atoms with Crippen molar-refractivity contribution in [3.63, 3.8) is 0 Å². The van der Waals surface area contributed by atoms with Gasteiger partial charge in [-0.1, -0.05) is 48.5 Å². The van der Waals surface area contributed by atoms with Crippen molar-refractivity contribution in [1.29, 1.82) is 0 Å². The predicted octanol–water partition coefficient (Wildman–Crippen LogP) is 4.73. The maximum absolute atomic E-state index is 12.7. The van der Waals surface area contributed by atoms with Gasteiger partial charge in [0.05, 0.1) is 24.1 Å². The van der Waals surface area contributed by atoms with Crippen LogP contribution in [-0.4, -0.2) is 28.3 Å². The summed E-state index contributed by atoms with van der Waals surface area (Å²) in [6, 6.07) is 21.8. The zero-order valence-corrected chi connectivity index (χ0v) is 17.8. The lowest BCUT2D eigenvalue weighted by Crippen LogP contribution is -2.05. The van der Waals surface area contributed by atoms with Crippen molar-refractivity contribution < 1.29 is 9.53 Å². The second-order valence-electron chi connectivity index (χ2n) is 7.29. The number of benzene rings is 2. The lowest BCUT2D eigenvalue weighted by atomic mass is 10.0. The fourth-order valence-corrected chi connectivity index (χ4v) is 3.62. The van der Waals surface area contributed by atoms with Gasteiger partial charge in [-0.3, -0.25) is 4.98 Å². The topological polar surface area (TPSA) is 82.5 Å². The molecule has 4 aromatic rings. The number of hydrogen-bond acceptors (Lipinski definition) is 5. The summed E-state index contributed by atoms with van der Waals surface area (Å²) in [5, 5.41) is 3.59. The quantitative estimate of drug-likeness (QED) is 0.201. The molecule has 2 aromatic heterocycles. The molecule has 160 valence electrons. The monoisotopic (exact) mass is 424 g/mol. The molecule has 2 aromatic carbocycles. The van der Waals surface area contributed by atoms with E-state index in [0.29, 0.717) is 18.7 Å². The van der Waals surface area contributed by atoms with Crippen LogP contribution in [0.1, 0.15) is 28.4 Å². The summed E-state index contributed by atoms with van der Waals surface area (Å²) in [7, 11) is 0. The van der Waals surface area contributed by atoms with Crippen molar-refractivity contribution in [3.8, 4) is 22.4 Å². The molecule has 0 saturated heterocycles. The molecule has 0 bridgehead atoms. The minimum atomic E-state index is -0.334. The van der Waals surface area contributed by atoms with Gasteiger partial charge in [-0.2, -0.15) is 5.10 Å². The number of hydrazone groups is 1. The molecular formula is C26H24N4O2. The smallest absolute Gasteiger partial charge is 0.340 e. The Bertz CT molecular complexity index is 1230. The average Bonchev–Trinajstić information content (AvgIpc) is 3.24. The lowest BCUT2D eigenvalue weighted by Gasteiger charge is -2.06. The summed E-state index contributed by atoms with van der Waals surface area (Å²) in [6.45, 7) is 2.73. The zero-order valence-electron chi connectivity index (χ0n) is 17.8. The van der Waals surface area contributed by atoms with Crippen LogP contribution in [0, 0.1) is 0 Å². The van der Waals surface area contributed by atoms with E-state index in [1.54, 1.807) is 19.3 Å². The van der Waals surface area contributed by atoms with Crippen molar-refractivity contribution in [3.05, 3.63) is 102 Å². The third-order valence-corrected chi connectivity index (χ3v) is 5.07. The number of ether oxygens (including phenoxy) is 1. The summed E-state index contributed by atoms with van der Waals surface area (Å²) < 4.78 is 7.30. The molecule has 0 aliphatic heterocycles. The van der Waals surface area contributed by atoms with Gasteiger partial charge in [0.25, 0.3) is 0 Å². The Morgan fingerprint density at radius 1 is 1.06 bits per heavy atom. The molecule has 2 heterocycles. The maximum atomic E-state index is 12.7. The number of carbonyl (C=O) groups excluding carboxylic acids is 1. The van der Waals surface area contributed by atoms with Crippen LogP contribution in [0.15, 0.2) is 90.4 Å². The van der Waals surface area contributed by atoms with Gasteiger partial charge in [-0.25, -0.2) is 4.79 Å². The molecular weight excluding hydrogens is 400 g/mol. The van der Waals surface area contributed by atoms with Crippen LogP contribution in [0.3, 0.4) is 0 Å². The SMILES string of the molecule is CCOC(=O)c1cn(Cc2cccc(C=NN)c2)cc1-c1ccc(-c2ccccn2)cc1. The Balaban J connectivity index is 1.67. The second-order valence-corrected chi connectivity index (χ2v) is 7.29. The molecule has 6 nitrogen and oxygen atoms in total. The van der Waals surface area contributed by atoms with Crippen LogP contribution in [0.5, 0.6) is 0 Å². The van der Waals surface area contributed by atoms with E-state index in [2.05, 4.69) is 10.1 Å². The molecule has 0 aliphatic rings. The molecule has 0 aliphatic carbocycles. The van der Waals surface area contributed by atoms with Crippen molar-refractivity contribution in [2.24, 2.45) is 10.9 Å². The molecule has 32 heavy (non-hydrogen) atoms. The van der Waals surface area contributed by atoms with Gasteiger partial charge >= 0.3 is 5.97 Å². The van der Waals surface area contributed by atoms with Crippen molar-refractivity contribution in [2.45, 2.75) is 13.5 Å². The first-order valence-corrected chi connectivity index (χ1v) is 10.4. The first-order chi connectivity index (χ1) is 15.7. The Kier molecular flexibility index (Phi) is 6.41. The van der Waals surface area contributed by atoms with Gasteiger partial charge < -0.3 is 15.1 Å². The Hall–Kier alpha value is -4.19. The maximum Gasteiger partial charge on any atom is 0.340 e. The third-order valence-electron chi connectivity index (χ3n) is 5.07. The first kappa shape index (κ1) is 21.1. The van der Waals surface area contributed by atoms with Crippen LogP contribution in [0.4, 0.5) is 0 Å². The van der Waals surface area contributed by atoms with Crippen molar-refractivity contribution in [2.75, 3.05) is 6.61 Å². The molecule has 0 atom stereocenters. The fraction of sp³-hybridized carbons (Fsp3) is 0.115. The van der Waals surface area contributed by atoms with Gasteiger partial charge in [0.15, 0.2) is 0 Å². The fourth-order valence-electron chi connectivity index (χ4n) is 3.62. The van der Waals surface area contributed by atoms with Crippen LogP contribution in [-0.2, 0) is 11.3 Å². The highest BCUT2D eigenvalue weighted by molar-refractivity contribution is 5.97. The summed E-state index contributed by atoms with van der Waals surface area (Å²) in [5.74, 6) is 4.94. The van der Waals surface area contributed by atoms with Crippen LogP contribution >= 0.6 is 0 Å². The van der Waals surface area contributed by atoms with Crippen LogP contribution in [0.2, 0.25) is 0 Å². The molecule has 0 amide bonds. The minimum Gasteiger partial charge on any atom is -0.462 e. The number of nitrogens with zero attached hydrogens (tertiary/aromatic N) is 3. The summed E-state index contributed by atoms with van der Waals surface area (Å²) in [4.78, 5) is 17.1. The largest absolute Gasteiger partial charge is 0.462 e. The Morgan fingerprint density at radius 3 is 2.59 bits per heavy atom. The first-order valence-electron chi connectivity index (χ1n) is 10.4. The van der Waals surface area contributed by atoms with Crippen LogP contribution < -0.4 is 5.84 Å². The molecule has 2 N–H and O–H groups in total. The van der Waals surface area contributed by atoms with E-state index in [9.17, 15) is 4.79 Å². The molecule has 0 fully saturated rings. The van der Waals surface area contributed by atoms with E-state index in [4.69, 9.17) is 10.6 Å². The number of pyridine rings is 1. The second kappa shape index (κ2) is 9.75. The number of hydrogen-bond donors (Lipinski definition) is 1. The van der Waals surface area contributed by atoms with Gasteiger partial charge in [0.2, 0.25) is 0 Å². The van der Waals surface area contributed by atoms with Gasteiger partial charge in [0.1, 0.15) is 0 Å². The van der Waals surface area contributed by atoms with Gasteiger partial charge in [0, 0.05) is 36.3 Å². The van der Waals surface area contributed by atoms with Crippen molar-refractivity contribution in [1.82, 2.24) is 9.55 Å². The number of nitrogens with two attached hydrogens (primary N) is 1. The Morgan fingerprint density at radius 2 is 1.88 bits per heavy atom. The van der Waals surface area contributed by atoms with E-state index >= 15 is 0 Å². The molecule has 0 unspecified atom stereocenters. The standard InChI is InChI=1S/C26H24N4O2/c1-2-32-26(31)24-18-30(16-20-7-5-6-19(14-20)15-29-27)17-23(24)21-9-11-22(12-10-21)25-8-3-4-13-28-25/h3-15,17-18H,2,16,27H2,1H3. The Labute approximate surface area is 187 Å². The highest BCUT2D eigenvalue weighted by Crippen LogP contribution is 2.28. The van der Waals surface area contributed by atoms with Gasteiger partial charge in [-0.15, -0.1) is 0 Å². The number of carbonyl (C=O) groups is 1. The van der Waals surface area contributed by atoms with Crippen LogP contribution in [0.25, 0.3) is 22.4 Å². The summed E-state index contributed by atoms with van der Waals surface area (Å²) >= 11 is 0. The van der Waals surface area contributed by atoms with E-state index < -0.39 is 0 Å². The number of aromatic nitrogens is 2. The van der Waals surface area contributed by atoms with E-state index in [0.717, 1.165) is 33.5 Å². The van der Waals surface area contributed by atoms with Crippen molar-refractivity contribution >= 4 is 12.2 Å². The predicted molar refractivity (Wildman–Crippen MR) is 126 cm³/mol. The summed E-state index contributed by atoms with van der Waals surface area (Å²) in [6.07, 6.45) is 7.20. The minimum absolute atomic E-state index is 0.322. The highest BCUT2D eigenvalue weighted by atomic mass is 16.5. The molecule has 4 rings (SSSR count). The molecule has 0 spiro atoms. The normalized spacial score (nSPS) is 11.0. The van der Waals surface area contributed by atoms with Gasteiger partial charge in [-0.05, 0) is 41.8 Å². The molecule has 6 heteroatoms. The third kappa shape index (κ3) is 4.75. The lowest BCUT2D eigenvalue weighted by molar-refractivity contribution is 0.0527. The zero-order chi connectivity index (χ0) is 22.3. The van der Waals surface area contributed by atoms with E-state index in [-0.39, 0.29) is 5.97 Å². The number of esters is 1. The number of rotatable bonds is 7.